The number of Topliss-reactive ketones (excluding diaryl/α,β-unsaturated/α-hetero) is 1. The zero-order valence-electron chi connectivity index (χ0n) is 13.0. The number of halogens is 1. The fourth-order valence-corrected chi connectivity index (χ4v) is 3.18. The summed E-state index contributed by atoms with van der Waals surface area (Å²) in [6.45, 7) is 2.51. The van der Waals surface area contributed by atoms with E-state index < -0.39 is 0 Å². The van der Waals surface area contributed by atoms with Crippen molar-refractivity contribution in [3.8, 4) is 5.75 Å². The number of nitrogens with one attached hydrogen (secondary N) is 1. The predicted molar refractivity (Wildman–Crippen MR) is 86.2 cm³/mol. The largest absolute Gasteiger partial charge is 0.496 e. The van der Waals surface area contributed by atoms with Gasteiger partial charge in [0.25, 0.3) is 0 Å². The Morgan fingerprint density at radius 1 is 1.45 bits per heavy atom. The molecule has 1 N–H and O–H groups in total. The maximum Gasteiger partial charge on any atom is 0.223 e. The van der Waals surface area contributed by atoms with Crippen LogP contribution in [0, 0.1) is 11.8 Å². The molecule has 1 aromatic rings. The molecule has 2 rings (SSSR count). The number of amides is 1. The third-order valence-electron chi connectivity index (χ3n) is 4.24. The van der Waals surface area contributed by atoms with Gasteiger partial charge in [-0.1, -0.05) is 18.5 Å². The van der Waals surface area contributed by atoms with Crippen LogP contribution in [0.5, 0.6) is 5.75 Å². The van der Waals surface area contributed by atoms with Crippen molar-refractivity contribution < 1.29 is 14.3 Å². The number of hydrogen-bond donors (Lipinski definition) is 1. The van der Waals surface area contributed by atoms with Crippen molar-refractivity contribution in [2.24, 2.45) is 11.8 Å². The molecule has 1 fully saturated rings. The lowest BCUT2D eigenvalue weighted by molar-refractivity contribution is -0.130. The van der Waals surface area contributed by atoms with E-state index in [1.807, 2.05) is 19.1 Å². The van der Waals surface area contributed by atoms with Crippen LogP contribution in [0.3, 0.4) is 0 Å². The van der Waals surface area contributed by atoms with E-state index in [4.69, 9.17) is 16.3 Å². The highest BCUT2D eigenvalue weighted by molar-refractivity contribution is 6.30. The summed E-state index contributed by atoms with van der Waals surface area (Å²) < 4.78 is 5.29. The summed E-state index contributed by atoms with van der Waals surface area (Å²) in [4.78, 5) is 23.6. The summed E-state index contributed by atoms with van der Waals surface area (Å²) >= 11 is 5.99. The molecule has 0 bridgehead atoms. The van der Waals surface area contributed by atoms with Crippen LogP contribution < -0.4 is 10.1 Å². The standard InChI is InChI=1S/C17H22ClNO3/c1-11-9-14(20)4-5-15(11)17(21)19-8-7-12-10-13(18)3-6-16(12)22-2/h3,6,10-11,15H,4-5,7-9H2,1-2H3,(H,19,21)/t11-,15+/m1/s1. The summed E-state index contributed by atoms with van der Waals surface area (Å²) in [6.07, 6.45) is 2.35. The highest BCUT2D eigenvalue weighted by atomic mass is 35.5. The van der Waals surface area contributed by atoms with Gasteiger partial charge in [-0.05, 0) is 42.5 Å². The fourth-order valence-electron chi connectivity index (χ4n) is 2.99. The maximum absolute atomic E-state index is 12.2. The molecule has 1 aliphatic carbocycles. The van der Waals surface area contributed by atoms with Crippen molar-refractivity contribution in [2.75, 3.05) is 13.7 Å². The summed E-state index contributed by atoms with van der Waals surface area (Å²) in [5.41, 5.74) is 0.974. The lowest BCUT2D eigenvalue weighted by Crippen LogP contribution is -2.38. The second-order valence-electron chi connectivity index (χ2n) is 5.86. The molecular weight excluding hydrogens is 302 g/mol. The van der Waals surface area contributed by atoms with Crippen LogP contribution in [-0.2, 0) is 16.0 Å². The van der Waals surface area contributed by atoms with Crippen LogP contribution >= 0.6 is 11.6 Å². The molecule has 22 heavy (non-hydrogen) atoms. The molecule has 0 radical (unpaired) electrons. The molecule has 1 aliphatic rings. The quantitative estimate of drug-likeness (QED) is 0.906. The van der Waals surface area contributed by atoms with E-state index in [2.05, 4.69) is 5.32 Å². The summed E-state index contributed by atoms with van der Waals surface area (Å²) in [5, 5.41) is 3.62. The van der Waals surface area contributed by atoms with Gasteiger partial charge in [0.15, 0.2) is 0 Å². The third kappa shape index (κ3) is 4.23. The van der Waals surface area contributed by atoms with Gasteiger partial charge in [-0.15, -0.1) is 0 Å². The van der Waals surface area contributed by atoms with Crippen LogP contribution in [0.2, 0.25) is 5.02 Å². The van der Waals surface area contributed by atoms with Crippen molar-refractivity contribution in [2.45, 2.75) is 32.6 Å². The Bertz CT molecular complexity index is 559. The monoisotopic (exact) mass is 323 g/mol. The number of carbonyl (C=O) groups excluding carboxylic acids is 2. The Morgan fingerprint density at radius 2 is 2.23 bits per heavy atom. The lowest BCUT2D eigenvalue weighted by atomic mass is 9.79. The minimum atomic E-state index is -0.0565. The third-order valence-corrected chi connectivity index (χ3v) is 4.48. The summed E-state index contributed by atoms with van der Waals surface area (Å²) in [5.74, 6) is 1.15. The van der Waals surface area contributed by atoms with Gasteiger partial charge in [-0.25, -0.2) is 0 Å². The molecule has 1 aromatic carbocycles. The van der Waals surface area contributed by atoms with Gasteiger partial charge < -0.3 is 10.1 Å². The number of ketones is 1. The van der Waals surface area contributed by atoms with E-state index in [-0.39, 0.29) is 23.5 Å². The van der Waals surface area contributed by atoms with Gasteiger partial charge in [0, 0.05) is 30.3 Å². The first-order valence-electron chi connectivity index (χ1n) is 7.63. The van der Waals surface area contributed by atoms with Gasteiger partial charge >= 0.3 is 0 Å². The van der Waals surface area contributed by atoms with E-state index in [1.54, 1.807) is 13.2 Å². The smallest absolute Gasteiger partial charge is 0.223 e. The van der Waals surface area contributed by atoms with Gasteiger partial charge in [-0.3, -0.25) is 9.59 Å². The van der Waals surface area contributed by atoms with Gasteiger partial charge in [0.05, 0.1) is 7.11 Å². The van der Waals surface area contributed by atoms with Crippen LogP contribution in [-0.4, -0.2) is 25.3 Å². The fraction of sp³-hybridized carbons (Fsp3) is 0.529. The van der Waals surface area contributed by atoms with E-state index in [9.17, 15) is 9.59 Å². The van der Waals surface area contributed by atoms with E-state index in [0.29, 0.717) is 37.3 Å². The van der Waals surface area contributed by atoms with Crippen LogP contribution in [0.1, 0.15) is 31.7 Å². The van der Waals surface area contributed by atoms with Crippen LogP contribution in [0.25, 0.3) is 0 Å². The summed E-state index contributed by atoms with van der Waals surface area (Å²) in [7, 11) is 1.62. The molecule has 0 aromatic heterocycles. The molecule has 5 heteroatoms. The molecule has 0 aliphatic heterocycles. The van der Waals surface area contributed by atoms with E-state index in [0.717, 1.165) is 11.3 Å². The number of ether oxygens (including phenoxy) is 1. The first-order chi connectivity index (χ1) is 10.5. The topological polar surface area (TPSA) is 55.4 Å². The minimum absolute atomic E-state index is 0.0426. The van der Waals surface area contributed by atoms with Crippen molar-refractivity contribution in [3.63, 3.8) is 0 Å². The molecule has 0 heterocycles. The zero-order valence-corrected chi connectivity index (χ0v) is 13.8. The number of rotatable bonds is 5. The van der Waals surface area contributed by atoms with Gasteiger partial charge in [0.1, 0.15) is 11.5 Å². The molecule has 120 valence electrons. The Balaban J connectivity index is 1.87. The van der Waals surface area contributed by atoms with Crippen molar-refractivity contribution in [1.29, 1.82) is 0 Å². The normalized spacial score (nSPS) is 21.5. The number of benzene rings is 1. The number of methoxy groups -OCH3 is 1. The Hall–Kier alpha value is -1.55. The maximum atomic E-state index is 12.2. The van der Waals surface area contributed by atoms with Gasteiger partial charge in [0.2, 0.25) is 5.91 Å². The number of carbonyl (C=O) groups is 2. The van der Waals surface area contributed by atoms with Crippen molar-refractivity contribution in [1.82, 2.24) is 5.32 Å². The lowest BCUT2D eigenvalue weighted by Gasteiger charge is -2.26. The highest BCUT2D eigenvalue weighted by Gasteiger charge is 2.30. The van der Waals surface area contributed by atoms with Crippen LogP contribution in [0.15, 0.2) is 18.2 Å². The van der Waals surface area contributed by atoms with Crippen molar-refractivity contribution >= 4 is 23.3 Å². The Labute approximate surface area is 136 Å². The van der Waals surface area contributed by atoms with Crippen LogP contribution in [0.4, 0.5) is 0 Å². The molecule has 2 atom stereocenters. The Kier molecular flexibility index (Phi) is 5.83. The average molecular weight is 324 g/mol. The molecule has 0 spiro atoms. The molecule has 1 amide bonds. The molecule has 0 saturated heterocycles. The first-order valence-corrected chi connectivity index (χ1v) is 8.01. The second-order valence-corrected chi connectivity index (χ2v) is 6.30. The molecule has 0 unspecified atom stereocenters. The minimum Gasteiger partial charge on any atom is -0.496 e. The van der Waals surface area contributed by atoms with E-state index in [1.165, 1.54) is 0 Å². The predicted octanol–water partition coefficient (Wildman–Crippen LogP) is 3.01. The SMILES string of the molecule is COc1ccc(Cl)cc1CCNC(=O)[C@H]1CCC(=O)C[C@H]1C. The van der Waals surface area contributed by atoms with E-state index >= 15 is 0 Å². The zero-order chi connectivity index (χ0) is 16.1. The average Bonchev–Trinajstić information content (AvgIpc) is 2.47. The molecule has 4 nitrogen and oxygen atoms in total. The van der Waals surface area contributed by atoms with Crippen molar-refractivity contribution in [3.05, 3.63) is 28.8 Å². The molecular formula is C17H22ClNO3. The second kappa shape index (κ2) is 7.63. The Morgan fingerprint density at radius 3 is 2.91 bits per heavy atom. The highest BCUT2D eigenvalue weighted by Crippen LogP contribution is 2.28. The van der Waals surface area contributed by atoms with Gasteiger partial charge in [-0.2, -0.15) is 0 Å². The first kappa shape index (κ1) is 16.8. The molecule has 1 saturated carbocycles. The summed E-state index contributed by atoms with van der Waals surface area (Å²) in [6, 6.07) is 5.46. The number of hydrogen-bond acceptors (Lipinski definition) is 3.